The van der Waals surface area contributed by atoms with Crippen LogP contribution >= 0.6 is 11.6 Å². The van der Waals surface area contributed by atoms with Crippen LogP contribution in [0.3, 0.4) is 0 Å². The van der Waals surface area contributed by atoms with Gasteiger partial charge in [0.05, 0.1) is 15.6 Å². The number of rotatable bonds is 4. The molecule has 0 atom stereocenters. The number of carbonyl (C=O) groups excluding carboxylic acids is 1. The molecule has 0 unspecified atom stereocenters. The van der Waals surface area contributed by atoms with Crippen LogP contribution in [0.4, 0.5) is 0 Å². The van der Waals surface area contributed by atoms with Gasteiger partial charge in [0, 0.05) is 5.69 Å². The fourth-order valence-electron chi connectivity index (χ4n) is 2.54. The fraction of sp³-hybridized carbons (Fsp3) is 0.111. The first-order valence-electron chi connectivity index (χ1n) is 7.74. The highest BCUT2D eigenvalue weighted by Gasteiger charge is 2.23. The second-order valence-corrected chi connectivity index (χ2v) is 7.79. The van der Waals surface area contributed by atoms with Gasteiger partial charge in [0.25, 0.3) is 15.9 Å². The highest BCUT2D eigenvalue weighted by Crippen LogP contribution is 2.21. The number of aryl methyl sites for hydroxylation is 2. The predicted octanol–water partition coefficient (Wildman–Crippen LogP) is 3.26. The van der Waals surface area contributed by atoms with E-state index in [9.17, 15) is 13.2 Å². The summed E-state index contributed by atoms with van der Waals surface area (Å²) in [6.07, 6.45) is 0. The molecule has 0 spiro atoms. The molecule has 0 saturated heterocycles. The van der Waals surface area contributed by atoms with Crippen LogP contribution in [-0.4, -0.2) is 24.1 Å². The predicted molar refractivity (Wildman–Crippen MR) is 99.1 cm³/mol. The molecule has 1 N–H and O–H groups in total. The van der Waals surface area contributed by atoms with Crippen LogP contribution in [0.2, 0.25) is 5.02 Å². The van der Waals surface area contributed by atoms with E-state index in [1.165, 1.54) is 16.8 Å². The highest BCUT2D eigenvalue weighted by molar-refractivity contribution is 7.90. The molecule has 0 radical (unpaired) electrons. The van der Waals surface area contributed by atoms with Crippen molar-refractivity contribution in [2.75, 3.05) is 0 Å². The molecule has 6 nitrogen and oxygen atoms in total. The van der Waals surface area contributed by atoms with Gasteiger partial charge in [0.2, 0.25) is 0 Å². The van der Waals surface area contributed by atoms with Crippen LogP contribution in [0, 0.1) is 13.8 Å². The number of carbonyl (C=O) groups is 1. The monoisotopic (exact) mass is 389 g/mol. The molecule has 26 heavy (non-hydrogen) atoms. The minimum absolute atomic E-state index is 0.0143. The summed E-state index contributed by atoms with van der Waals surface area (Å²) in [5.74, 6) is -0.804. The third kappa shape index (κ3) is 3.49. The first-order chi connectivity index (χ1) is 12.3. The van der Waals surface area contributed by atoms with Gasteiger partial charge in [-0.15, -0.1) is 0 Å². The van der Waals surface area contributed by atoms with Gasteiger partial charge in [-0.05, 0) is 43.7 Å². The number of benzene rings is 2. The number of hydrogen-bond donors (Lipinski definition) is 1. The van der Waals surface area contributed by atoms with Gasteiger partial charge in [-0.1, -0.05) is 41.9 Å². The summed E-state index contributed by atoms with van der Waals surface area (Å²) in [6, 6.07) is 15.0. The fourth-order valence-corrected chi connectivity index (χ4v) is 3.96. The zero-order valence-corrected chi connectivity index (χ0v) is 15.7. The molecular weight excluding hydrogens is 374 g/mol. The summed E-state index contributed by atoms with van der Waals surface area (Å²) >= 11 is 6.17. The summed E-state index contributed by atoms with van der Waals surface area (Å²) in [4.78, 5) is 12.5. The Morgan fingerprint density at radius 2 is 1.73 bits per heavy atom. The molecule has 134 valence electrons. The lowest BCUT2D eigenvalue weighted by Gasteiger charge is -2.08. The van der Waals surface area contributed by atoms with Crippen LogP contribution in [0.15, 0.2) is 59.5 Å². The van der Waals surface area contributed by atoms with Crippen molar-refractivity contribution in [3.8, 4) is 5.69 Å². The largest absolute Gasteiger partial charge is 0.285 e. The maximum atomic E-state index is 12.5. The Balaban J connectivity index is 1.91. The Morgan fingerprint density at radius 1 is 1.08 bits per heavy atom. The standard InChI is InChI=1S/C18H16ClN3O3S/c1-12-7-3-6-10-17(12)26(24,25)21-18(23)15-11-13(2)22(20-15)16-9-5-4-8-14(16)19/h3-11H,1-2H3,(H,21,23). The molecule has 3 rings (SSSR count). The van der Waals surface area contributed by atoms with E-state index in [-0.39, 0.29) is 10.6 Å². The van der Waals surface area contributed by atoms with E-state index in [1.807, 2.05) is 0 Å². The van der Waals surface area contributed by atoms with Crippen LogP contribution < -0.4 is 4.72 Å². The van der Waals surface area contributed by atoms with Gasteiger partial charge in [-0.25, -0.2) is 17.8 Å². The second kappa shape index (κ2) is 6.93. The number of sulfonamides is 1. The Hall–Kier alpha value is -2.64. The maximum absolute atomic E-state index is 12.5. The molecule has 8 heteroatoms. The molecule has 0 fully saturated rings. The van der Waals surface area contributed by atoms with Crippen molar-refractivity contribution in [3.63, 3.8) is 0 Å². The van der Waals surface area contributed by atoms with Crippen molar-refractivity contribution in [1.29, 1.82) is 0 Å². The minimum Gasteiger partial charge on any atom is -0.266 e. The van der Waals surface area contributed by atoms with Gasteiger partial charge in [0.1, 0.15) is 0 Å². The number of halogens is 1. The Labute approximate surface area is 156 Å². The quantitative estimate of drug-likeness (QED) is 0.742. The average molecular weight is 390 g/mol. The third-order valence-electron chi connectivity index (χ3n) is 3.81. The number of aromatic nitrogens is 2. The molecule has 0 aliphatic carbocycles. The number of hydrogen-bond acceptors (Lipinski definition) is 4. The third-order valence-corrected chi connectivity index (χ3v) is 5.62. The Morgan fingerprint density at radius 3 is 2.42 bits per heavy atom. The second-order valence-electron chi connectivity index (χ2n) is 5.73. The molecule has 1 aromatic heterocycles. The van der Waals surface area contributed by atoms with Gasteiger partial charge < -0.3 is 0 Å². The number of para-hydroxylation sites is 1. The molecule has 3 aromatic rings. The summed E-state index contributed by atoms with van der Waals surface area (Å²) in [7, 11) is -3.99. The van der Waals surface area contributed by atoms with Crippen LogP contribution in [0.5, 0.6) is 0 Å². The van der Waals surface area contributed by atoms with Crippen LogP contribution in [0.1, 0.15) is 21.7 Å². The first-order valence-corrected chi connectivity index (χ1v) is 9.60. The topological polar surface area (TPSA) is 81.1 Å². The van der Waals surface area contributed by atoms with E-state index in [2.05, 4.69) is 9.82 Å². The van der Waals surface area contributed by atoms with Crippen molar-refractivity contribution in [2.24, 2.45) is 0 Å². The Kier molecular flexibility index (Phi) is 4.84. The lowest BCUT2D eigenvalue weighted by Crippen LogP contribution is -2.31. The minimum atomic E-state index is -3.99. The molecule has 1 amide bonds. The van der Waals surface area contributed by atoms with Gasteiger partial charge >= 0.3 is 0 Å². The van der Waals surface area contributed by atoms with Crippen molar-refractivity contribution in [3.05, 3.63) is 76.6 Å². The highest BCUT2D eigenvalue weighted by atomic mass is 35.5. The number of nitrogens with zero attached hydrogens (tertiary/aromatic N) is 2. The molecule has 0 aliphatic heterocycles. The van der Waals surface area contributed by atoms with Crippen molar-refractivity contribution in [1.82, 2.24) is 14.5 Å². The van der Waals surface area contributed by atoms with Crippen molar-refractivity contribution >= 4 is 27.5 Å². The van der Waals surface area contributed by atoms with E-state index in [1.54, 1.807) is 56.3 Å². The van der Waals surface area contributed by atoms with Crippen molar-refractivity contribution in [2.45, 2.75) is 18.7 Å². The SMILES string of the molecule is Cc1ccccc1S(=O)(=O)NC(=O)c1cc(C)n(-c2ccccc2Cl)n1. The molecule has 0 saturated carbocycles. The molecular formula is C18H16ClN3O3S. The summed E-state index contributed by atoms with van der Waals surface area (Å²) in [6.45, 7) is 3.41. The lowest BCUT2D eigenvalue weighted by atomic mass is 10.2. The summed E-state index contributed by atoms with van der Waals surface area (Å²) < 4.78 is 28.5. The number of amides is 1. The smallest absolute Gasteiger partial charge is 0.266 e. The van der Waals surface area contributed by atoms with Gasteiger partial charge in [0.15, 0.2) is 5.69 Å². The molecule has 0 bridgehead atoms. The molecule has 1 heterocycles. The van der Waals surface area contributed by atoms with E-state index in [0.29, 0.717) is 22.0 Å². The molecule has 2 aromatic carbocycles. The van der Waals surface area contributed by atoms with E-state index < -0.39 is 15.9 Å². The van der Waals surface area contributed by atoms with E-state index >= 15 is 0 Å². The summed E-state index contributed by atoms with van der Waals surface area (Å²) in [5, 5.41) is 4.67. The van der Waals surface area contributed by atoms with E-state index in [0.717, 1.165) is 0 Å². The summed E-state index contributed by atoms with van der Waals surface area (Å²) in [5.41, 5.74) is 1.79. The van der Waals surface area contributed by atoms with Crippen LogP contribution in [0.25, 0.3) is 5.69 Å². The normalized spacial score (nSPS) is 11.3. The molecule has 0 aliphatic rings. The lowest BCUT2D eigenvalue weighted by molar-refractivity contribution is 0.0976. The Bertz CT molecular complexity index is 1090. The zero-order chi connectivity index (χ0) is 18.9. The number of nitrogens with one attached hydrogen (secondary N) is 1. The maximum Gasteiger partial charge on any atom is 0.285 e. The van der Waals surface area contributed by atoms with Gasteiger partial charge in [-0.2, -0.15) is 5.10 Å². The average Bonchev–Trinajstić information content (AvgIpc) is 2.97. The van der Waals surface area contributed by atoms with E-state index in [4.69, 9.17) is 11.6 Å². The van der Waals surface area contributed by atoms with Crippen LogP contribution in [-0.2, 0) is 10.0 Å². The first kappa shape index (κ1) is 18.2. The van der Waals surface area contributed by atoms with Crippen molar-refractivity contribution < 1.29 is 13.2 Å². The zero-order valence-electron chi connectivity index (χ0n) is 14.1. The van der Waals surface area contributed by atoms with Gasteiger partial charge in [-0.3, -0.25) is 4.79 Å².